The molecule has 0 aromatic heterocycles. The van der Waals surface area contributed by atoms with Gasteiger partial charge in [-0.2, -0.15) is 8.78 Å². The van der Waals surface area contributed by atoms with Crippen LogP contribution in [0.3, 0.4) is 0 Å². The number of halogens is 2. The van der Waals surface area contributed by atoms with E-state index in [2.05, 4.69) is 0 Å². The molecule has 2 aliphatic rings. The maximum atomic E-state index is 14.1. The van der Waals surface area contributed by atoms with Crippen LogP contribution in [0.4, 0.5) is 13.6 Å². The van der Waals surface area contributed by atoms with Crippen LogP contribution in [0.25, 0.3) is 11.1 Å². The van der Waals surface area contributed by atoms with Crippen LogP contribution in [0.2, 0.25) is 0 Å². The highest BCUT2D eigenvalue weighted by atomic mass is 19.3. The number of carboxylic acid groups (broad SMARTS) is 1. The zero-order valence-corrected chi connectivity index (χ0v) is 16.4. The van der Waals surface area contributed by atoms with E-state index in [4.69, 9.17) is 9.84 Å². The molecule has 9 heteroatoms. The molecular weight excluding hydrogens is 410 g/mol. The van der Waals surface area contributed by atoms with Gasteiger partial charge in [-0.3, -0.25) is 4.79 Å². The van der Waals surface area contributed by atoms with Crippen molar-refractivity contribution in [3.05, 3.63) is 59.7 Å². The molecule has 162 valence electrons. The van der Waals surface area contributed by atoms with Gasteiger partial charge >= 0.3 is 18.0 Å². The number of amides is 2. The van der Waals surface area contributed by atoms with E-state index in [0.717, 1.165) is 22.3 Å². The Balaban J connectivity index is 1.34. The highest BCUT2D eigenvalue weighted by Crippen LogP contribution is 2.44. The second-order valence-corrected chi connectivity index (χ2v) is 7.72. The summed E-state index contributed by atoms with van der Waals surface area (Å²) in [4.78, 5) is 34.8. The molecule has 0 atom stereocenters. The average molecular weight is 430 g/mol. The summed E-state index contributed by atoms with van der Waals surface area (Å²) >= 11 is 0. The third kappa shape index (κ3) is 3.95. The predicted molar refractivity (Wildman–Crippen MR) is 106 cm³/mol. The quantitative estimate of drug-likeness (QED) is 0.627. The van der Waals surface area contributed by atoms with Crippen molar-refractivity contribution in [2.75, 3.05) is 13.2 Å². The summed E-state index contributed by atoms with van der Waals surface area (Å²) < 4.78 is 33.3. The largest absolute Gasteiger partial charge is 0.480 e. The van der Waals surface area contributed by atoms with Gasteiger partial charge in [-0.05, 0) is 35.1 Å². The smallest absolute Gasteiger partial charge is 0.407 e. The monoisotopic (exact) mass is 430 g/mol. The van der Waals surface area contributed by atoms with Crippen LogP contribution in [0.15, 0.2) is 48.5 Å². The molecule has 2 aromatic rings. The zero-order chi connectivity index (χ0) is 22.2. The first-order chi connectivity index (χ1) is 14.7. The summed E-state index contributed by atoms with van der Waals surface area (Å²) in [5.74, 6) is -7.31. The van der Waals surface area contributed by atoms with Crippen molar-refractivity contribution in [3.8, 4) is 11.1 Å². The van der Waals surface area contributed by atoms with Crippen molar-refractivity contribution in [1.82, 2.24) is 10.6 Å². The minimum Gasteiger partial charge on any atom is -0.480 e. The number of alkyl carbamates (subject to hydrolysis) is 1. The van der Waals surface area contributed by atoms with Crippen LogP contribution in [0, 0.1) is 0 Å². The second kappa shape index (κ2) is 7.64. The SMILES string of the molecule is O=C(NCC(F)(F)C(=O)NC1(C(=O)O)CC1)OCC1c2ccccc2-c2ccccc21. The lowest BCUT2D eigenvalue weighted by Crippen LogP contribution is -2.54. The molecule has 0 radical (unpaired) electrons. The van der Waals surface area contributed by atoms with E-state index in [1.165, 1.54) is 0 Å². The Kier molecular flexibility index (Phi) is 5.12. The fourth-order valence-electron chi connectivity index (χ4n) is 3.74. The molecule has 2 amide bonds. The lowest BCUT2D eigenvalue weighted by atomic mass is 9.98. The van der Waals surface area contributed by atoms with Crippen molar-refractivity contribution in [3.63, 3.8) is 0 Å². The van der Waals surface area contributed by atoms with Crippen LogP contribution in [-0.4, -0.2) is 47.7 Å². The molecule has 3 N–H and O–H groups in total. The molecule has 0 unspecified atom stereocenters. The molecule has 2 aromatic carbocycles. The fraction of sp³-hybridized carbons (Fsp3) is 0.318. The first kappa shape index (κ1) is 20.8. The summed E-state index contributed by atoms with van der Waals surface area (Å²) in [7, 11) is 0. The first-order valence-electron chi connectivity index (χ1n) is 9.76. The minimum atomic E-state index is -3.98. The van der Waals surface area contributed by atoms with E-state index in [9.17, 15) is 23.2 Å². The maximum absolute atomic E-state index is 14.1. The van der Waals surface area contributed by atoms with E-state index < -0.39 is 36.0 Å². The molecule has 0 heterocycles. The third-order valence-electron chi connectivity index (χ3n) is 5.64. The highest BCUT2D eigenvalue weighted by Gasteiger charge is 2.55. The number of alkyl halides is 2. The van der Waals surface area contributed by atoms with Crippen LogP contribution >= 0.6 is 0 Å². The van der Waals surface area contributed by atoms with Crippen LogP contribution in [0.5, 0.6) is 0 Å². The number of hydrogen-bond donors (Lipinski definition) is 3. The number of hydrogen-bond acceptors (Lipinski definition) is 4. The molecule has 1 saturated carbocycles. The molecule has 2 aliphatic carbocycles. The Morgan fingerprint density at radius 3 is 2.10 bits per heavy atom. The van der Waals surface area contributed by atoms with E-state index in [-0.39, 0.29) is 25.4 Å². The van der Waals surface area contributed by atoms with Gasteiger partial charge in [-0.1, -0.05) is 48.5 Å². The molecule has 0 bridgehead atoms. The number of nitrogens with one attached hydrogen (secondary N) is 2. The van der Waals surface area contributed by atoms with Crippen molar-refractivity contribution in [1.29, 1.82) is 0 Å². The molecule has 0 spiro atoms. The van der Waals surface area contributed by atoms with Gasteiger partial charge in [-0.15, -0.1) is 0 Å². The van der Waals surface area contributed by atoms with Crippen LogP contribution in [-0.2, 0) is 14.3 Å². The summed E-state index contributed by atoms with van der Waals surface area (Å²) in [6, 6.07) is 15.4. The highest BCUT2D eigenvalue weighted by molar-refractivity contribution is 5.92. The Labute approximate surface area is 176 Å². The Morgan fingerprint density at radius 1 is 1.03 bits per heavy atom. The summed E-state index contributed by atoms with van der Waals surface area (Å²) in [5.41, 5.74) is 2.38. The molecule has 0 aliphatic heterocycles. The van der Waals surface area contributed by atoms with Gasteiger partial charge in [0.1, 0.15) is 12.1 Å². The lowest BCUT2D eigenvalue weighted by Gasteiger charge is -2.20. The van der Waals surface area contributed by atoms with Crippen molar-refractivity contribution >= 4 is 18.0 Å². The minimum absolute atomic E-state index is 0.0558. The molecule has 1 fully saturated rings. The predicted octanol–water partition coefficient (Wildman–Crippen LogP) is 2.89. The first-order valence-corrected chi connectivity index (χ1v) is 9.76. The average Bonchev–Trinajstić information content (AvgIpc) is 3.47. The number of carboxylic acids is 1. The van der Waals surface area contributed by atoms with Crippen molar-refractivity contribution in [2.24, 2.45) is 0 Å². The van der Waals surface area contributed by atoms with Gasteiger partial charge in [0.25, 0.3) is 5.91 Å². The number of benzene rings is 2. The number of ether oxygens (including phenoxy) is 1. The summed E-state index contributed by atoms with van der Waals surface area (Å²) in [6.45, 7) is -1.36. The lowest BCUT2D eigenvalue weighted by molar-refractivity contribution is -0.151. The van der Waals surface area contributed by atoms with Gasteiger partial charge < -0.3 is 20.5 Å². The van der Waals surface area contributed by atoms with E-state index in [1.807, 2.05) is 59.2 Å². The van der Waals surface area contributed by atoms with Gasteiger partial charge in [0.15, 0.2) is 0 Å². The Hall–Kier alpha value is -3.49. The number of carbonyl (C=O) groups excluding carboxylic acids is 2. The molecule has 4 rings (SSSR count). The molecule has 0 saturated heterocycles. The van der Waals surface area contributed by atoms with Gasteiger partial charge in [0.05, 0.1) is 6.54 Å². The molecular formula is C22H20F2N2O5. The number of rotatable bonds is 7. The second-order valence-electron chi connectivity index (χ2n) is 7.72. The number of fused-ring (bicyclic) bond motifs is 3. The summed E-state index contributed by atoms with van der Waals surface area (Å²) in [5, 5.41) is 12.7. The number of aliphatic carboxylic acids is 1. The topological polar surface area (TPSA) is 105 Å². The van der Waals surface area contributed by atoms with Crippen LogP contribution in [0.1, 0.15) is 29.9 Å². The van der Waals surface area contributed by atoms with Gasteiger partial charge in [0, 0.05) is 5.92 Å². The third-order valence-corrected chi connectivity index (χ3v) is 5.64. The van der Waals surface area contributed by atoms with Gasteiger partial charge in [0.2, 0.25) is 0 Å². The van der Waals surface area contributed by atoms with Crippen LogP contribution < -0.4 is 10.6 Å². The van der Waals surface area contributed by atoms with Gasteiger partial charge in [-0.25, -0.2) is 9.59 Å². The van der Waals surface area contributed by atoms with E-state index in [0.29, 0.717) is 0 Å². The normalized spacial score (nSPS) is 16.1. The Morgan fingerprint density at radius 2 is 1.58 bits per heavy atom. The van der Waals surface area contributed by atoms with Crippen molar-refractivity contribution < 1.29 is 33.0 Å². The van der Waals surface area contributed by atoms with E-state index >= 15 is 0 Å². The maximum Gasteiger partial charge on any atom is 0.407 e. The Bertz CT molecular complexity index is 1010. The fourth-order valence-corrected chi connectivity index (χ4v) is 3.74. The molecule has 7 nitrogen and oxygen atoms in total. The zero-order valence-electron chi connectivity index (χ0n) is 16.4. The standard InChI is InChI=1S/C22H20F2N2O5/c23-22(24,18(27)26-21(9-10-21)19(28)29)12-25-20(30)31-11-17-15-7-3-1-5-13(15)14-6-2-4-8-16(14)17/h1-8,17H,9-12H2,(H,25,30)(H,26,27)(H,28,29). The summed E-state index contributed by atoms with van der Waals surface area (Å²) in [6.07, 6.45) is -0.915. The van der Waals surface area contributed by atoms with Crippen molar-refractivity contribution in [2.45, 2.75) is 30.2 Å². The van der Waals surface area contributed by atoms with E-state index in [1.54, 1.807) is 0 Å². The number of carbonyl (C=O) groups is 3. The molecule has 31 heavy (non-hydrogen) atoms.